The summed E-state index contributed by atoms with van der Waals surface area (Å²) in [4.78, 5) is 42.7. The molecule has 0 saturated carbocycles. The minimum Gasteiger partial charge on any atom is -0.324 e. The van der Waals surface area contributed by atoms with Crippen molar-refractivity contribution in [3.8, 4) is 5.69 Å². The standard InChI is InChI=1S/C22H18N2O4/c1-13-8-10-16(11-9-13)23-14(2)12-19(15(23)3)22(27)28-24-20(25)17-6-4-5-7-18(17)21(24)26/h4-12H,1-3H3. The monoisotopic (exact) mass is 374 g/mol. The molecule has 0 N–H and O–H groups in total. The molecule has 1 aliphatic rings. The lowest BCUT2D eigenvalue weighted by molar-refractivity contribution is -0.0585. The van der Waals surface area contributed by atoms with Crippen molar-refractivity contribution >= 4 is 17.8 Å². The van der Waals surface area contributed by atoms with E-state index in [1.165, 1.54) is 12.1 Å². The topological polar surface area (TPSA) is 68.6 Å². The van der Waals surface area contributed by atoms with E-state index in [4.69, 9.17) is 4.84 Å². The molecule has 6 heteroatoms. The number of imide groups is 1. The number of aryl methyl sites for hydroxylation is 2. The number of fused-ring (bicyclic) bond motifs is 1. The zero-order valence-corrected chi connectivity index (χ0v) is 15.7. The molecule has 6 nitrogen and oxygen atoms in total. The van der Waals surface area contributed by atoms with E-state index in [9.17, 15) is 14.4 Å². The lowest BCUT2D eigenvalue weighted by Gasteiger charge is -2.13. The van der Waals surface area contributed by atoms with E-state index in [0.717, 1.165) is 16.9 Å². The summed E-state index contributed by atoms with van der Waals surface area (Å²) in [5.74, 6) is -2.02. The number of carbonyl (C=O) groups excluding carboxylic acids is 3. The fourth-order valence-electron chi connectivity index (χ4n) is 3.44. The van der Waals surface area contributed by atoms with Crippen LogP contribution in [-0.2, 0) is 4.84 Å². The summed E-state index contributed by atoms with van der Waals surface area (Å²) < 4.78 is 1.93. The molecule has 0 aliphatic carbocycles. The Morgan fingerprint density at radius 3 is 2.00 bits per heavy atom. The van der Waals surface area contributed by atoms with Crippen LogP contribution in [0, 0.1) is 20.8 Å². The molecule has 0 saturated heterocycles. The van der Waals surface area contributed by atoms with Crippen LogP contribution in [0.15, 0.2) is 54.6 Å². The van der Waals surface area contributed by atoms with Gasteiger partial charge in [-0.15, -0.1) is 0 Å². The minimum absolute atomic E-state index is 0.227. The van der Waals surface area contributed by atoms with Crippen LogP contribution in [-0.4, -0.2) is 27.4 Å². The molecule has 2 aromatic carbocycles. The van der Waals surface area contributed by atoms with Crippen molar-refractivity contribution in [3.63, 3.8) is 0 Å². The van der Waals surface area contributed by atoms with Gasteiger partial charge in [-0.3, -0.25) is 9.59 Å². The molecular weight excluding hydrogens is 356 g/mol. The molecule has 4 rings (SSSR count). The van der Waals surface area contributed by atoms with Gasteiger partial charge in [0.15, 0.2) is 0 Å². The lowest BCUT2D eigenvalue weighted by atomic mass is 10.1. The first-order valence-electron chi connectivity index (χ1n) is 8.84. The number of hydrogen-bond donors (Lipinski definition) is 0. The largest absolute Gasteiger partial charge is 0.365 e. The van der Waals surface area contributed by atoms with Crippen molar-refractivity contribution < 1.29 is 19.2 Å². The van der Waals surface area contributed by atoms with E-state index in [-0.39, 0.29) is 11.1 Å². The third kappa shape index (κ3) is 2.70. The smallest absolute Gasteiger partial charge is 0.324 e. The zero-order valence-electron chi connectivity index (χ0n) is 15.7. The number of hydroxylamine groups is 2. The fourth-order valence-corrected chi connectivity index (χ4v) is 3.44. The highest BCUT2D eigenvalue weighted by Crippen LogP contribution is 2.26. The second kappa shape index (κ2) is 6.49. The van der Waals surface area contributed by atoms with E-state index in [2.05, 4.69) is 0 Å². The Bertz CT molecular complexity index is 1090. The van der Waals surface area contributed by atoms with Gasteiger partial charge in [0.1, 0.15) is 0 Å². The number of benzene rings is 2. The summed E-state index contributed by atoms with van der Waals surface area (Å²) >= 11 is 0. The van der Waals surface area contributed by atoms with E-state index in [0.29, 0.717) is 16.3 Å². The molecule has 28 heavy (non-hydrogen) atoms. The van der Waals surface area contributed by atoms with Crippen LogP contribution < -0.4 is 0 Å². The zero-order chi connectivity index (χ0) is 20.0. The Balaban J connectivity index is 1.63. The summed E-state index contributed by atoms with van der Waals surface area (Å²) in [6.45, 7) is 5.68. The van der Waals surface area contributed by atoms with Crippen LogP contribution in [0.2, 0.25) is 0 Å². The molecule has 1 aromatic heterocycles. The van der Waals surface area contributed by atoms with Crippen LogP contribution >= 0.6 is 0 Å². The molecule has 2 heterocycles. The average Bonchev–Trinajstić information content (AvgIpc) is 3.11. The van der Waals surface area contributed by atoms with Gasteiger partial charge < -0.3 is 9.40 Å². The summed E-state index contributed by atoms with van der Waals surface area (Å²) in [6.07, 6.45) is 0. The van der Waals surface area contributed by atoms with Crippen molar-refractivity contribution in [3.05, 3.63) is 88.2 Å². The van der Waals surface area contributed by atoms with Gasteiger partial charge in [-0.05, 0) is 51.1 Å². The second-order valence-electron chi connectivity index (χ2n) is 6.78. The first-order chi connectivity index (χ1) is 13.4. The second-order valence-corrected chi connectivity index (χ2v) is 6.78. The van der Waals surface area contributed by atoms with Crippen molar-refractivity contribution in [1.29, 1.82) is 0 Å². The number of nitrogens with zero attached hydrogens (tertiary/aromatic N) is 2. The molecule has 140 valence electrons. The highest BCUT2D eigenvalue weighted by atomic mass is 16.7. The highest BCUT2D eigenvalue weighted by Gasteiger charge is 2.39. The minimum atomic E-state index is -0.749. The number of aromatic nitrogens is 1. The summed E-state index contributed by atoms with van der Waals surface area (Å²) in [5.41, 5.74) is 4.32. The summed E-state index contributed by atoms with van der Waals surface area (Å²) in [7, 11) is 0. The Hall–Kier alpha value is -3.67. The van der Waals surface area contributed by atoms with Gasteiger partial charge in [-0.25, -0.2) is 4.79 Å². The molecular formula is C22H18N2O4. The van der Waals surface area contributed by atoms with Gasteiger partial charge in [0.25, 0.3) is 11.8 Å². The van der Waals surface area contributed by atoms with Gasteiger partial charge in [0.05, 0.1) is 16.7 Å². The lowest BCUT2D eigenvalue weighted by Crippen LogP contribution is -2.32. The Labute approximate surface area is 161 Å². The van der Waals surface area contributed by atoms with Crippen molar-refractivity contribution in [2.24, 2.45) is 0 Å². The Morgan fingerprint density at radius 2 is 1.43 bits per heavy atom. The van der Waals surface area contributed by atoms with Gasteiger partial charge in [0.2, 0.25) is 0 Å². The maximum Gasteiger partial charge on any atom is 0.365 e. The average molecular weight is 374 g/mol. The van der Waals surface area contributed by atoms with Crippen LogP contribution in [0.3, 0.4) is 0 Å². The molecule has 0 radical (unpaired) electrons. The summed E-state index contributed by atoms with van der Waals surface area (Å²) in [6, 6.07) is 16.0. The maximum atomic E-state index is 12.7. The van der Waals surface area contributed by atoms with Crippen LogP contribution in [0.5, 0.6) is 0 Å². The van der Waals surface area contributed by atoms with E-state index in [1.807, 2.05) is 42.7 Å². The molecule has 1 aliphatic heterocycles. The summed E-state index contributed by atoms with van der Waals surface area (Å²) in [5, 5.41) is 0.533. The predicted molar refractivity (Wildman–Crippen MR) is 102 cm³/mol. The third-order valence-corrected chi connectivity index (χ3v) is 4.87. The van der Waals surface area contributed by atoms with Gasteiger partial charge in [-0.1, -0.05) is 34.9 Å². The van der Waals surface area contributed by atoms with Gasteiger partial charge in [0, 0.05) is 17.1 Å². The number of hydrogen-bond acceptors (Lipinski definition) is 4. The maximum absolute atomic E-state index is 12.7. The molecule has 3 aromatic rings. The molecule has 2 amide bonds. The van der Waals surface area contributed by atoms with E-state index in [1.54, 1.807) is 25.1 Å². The van der Waals surface area contributed by atoms with Crippen LogP contribution in [0.4, 0.5) is 0 Å². The van der Waals surface area contributed by atoms with E-state index < -0.39 is 17.8 Å². The molecule has 0 bridgehead atoms. The Kier molecular flexibility index (Phi) is 4.11. The molecule has 0 unspecified atom stereocenters. The first-order valence-corrected chi connectivity index (χ1v) is 8.84. The molecule has 0 fully saturated rings. The normalized spacial score (nSPS) is 13.0. The number of carbonyl (C=O) groups is 3. The SMILES string of the molecule is Cc1ccc(-n2c(C)cc(C(=O)ON3C(=O)c4ccccc4C3=O)c2C)cc1. The van der Waals surface area contributed by atoms with Crippen molar-refractivity contribution in [2.75, 3.05) is 0 Å². The van der Waals surface area contributed by atoms with Crippen molar-refractivity contribution in [2.45, 2.75) is 20.8 Å². The van der Waals surface area contributed by atoms with Crippen LogP contribution in [0.1, 0.15) is 48.0 Å². The fraction of sp³-hybridized carbons (Fsp3) is 0.136. The number of amides is 2. The van der Waals surface area contributed by atoms with Gasteiger partial charge in [-0.2, -0.15) is 0 Å². The third-order valence-electron chi connectivity index (χ3n) is 4.87. The Morgan fingerprint density at radius 1 is 0.857 bits per heavy atom. The number of rotatable bonds is 3. The molecule has 0 atom stereocenters. The quantitative estimate of drug-likeness (QED) is 0.655. The van der Waals surface area contributed by atoms with Gasteiger partial charge >= 0.3 is 5.97 Å². The van der Waals surface area contributed by atoms with E-state index >= 15 is 0 Å². The highest BCUT2D eigenvalue weighted by molar-refractivity contribution is 6.21. The molecule has 0 spiro atoms. The first kappa shape index (κ1) is 17.7. The van der Waals surface area contributed by atoms with Crippen molar-refractivity contribution in [1.82, 2.24) is 9.63 Å². The predicted octanol–water partition coefficient (Wildman–Crippen LogP) is 3.77. The van der Waals surface area contributed by atoms with Crippen LogP contribution in [0.25, 0.3) is 5.69 Å².